The summed E-state index contributed by atoms with van der Waals surface area (Å²) in [6.45, 7) is 6.09. The summed E-state index contributed by atoms with van der Waals surface area (Å²) in [5.41, 5.74) is 0. The number of aromatic nitrogens is 2. The molecule has 1 fully saturated rings. The van der Waals surface area contributed by atoms with Crippen LogP contribution in [0.2, 0.25) is 0 Å². The summed E-state index contributed by atoms with van der Waals surface area (Å²) in [7, 11) is 0. The zero-order valence-electron chi connectivity index (χ0n) is 14.2. The maximum atomic E-state index is 12.1. The van der Waals surface area contributed by atoms with Crippen molar-refractivity contribution in [2.75, 3.05) is 5.75 Å². The van der Waals surface area contributed by atoms with Crippen LogP contribution < -0.4 is 10.6 Å². The van der Waals surface area contributed by atoms with Crippen molar-refractivity contribution in [3.8, 4) is 0 Å². The maximum Gasteiger partial charge on any atom is 0.321 e. The topological polar surface area (TPSA) is 84.0 Å². The van der Waals surface area contributed by atoms with E-state index in [1.807, 2.05) is 0 Å². The molecule has 1 saturated carbocycles. The van der Waals surface area contributed by atoms with E-state index in [0.29, 0.717) is 5.92 Å². The van der Waals surface area contributed by atoms with Gasteiger partial charge in [-0.05, 0) is 25.7 Å². The molecule has 0 saturated heterocycles. The molecule has 0 aliphatic heterocycles. The smallest absolute Gasteiger partial charge is 0.321 e. The molecule has 1 heterocycles. The van der Waals surface area contributed by atoms with Gasteiger partial charge in [-0.15, -0.1) is 10.2 Å². The minimum atomic E-state index is -0.398. The van der Waals surface area contributed by atoms with Crippen molar-refractivity contribution in [1.82, 2.24) is 20.8 Å². The van der Waals surface area contributed by atoms with Crippen LogP contribution in [0, 0.1) is 5.92 Å². The van der Waals surface area contributed by atoms with Crippen molar-refractivity contribution in [3.63, 3.8) is 0 Å². The first-order chi connectivity index (χ1) is 11.4. The van der Waals surface area contributed by atoms with Gasteiger partial charge in [0.15, 0.2) is 8.68 Å². The van der Waals surface area contributed by atoms with Crippen LogP contribution in [0.3, 0.4) is 0 Å². The number of carbonyl (C=O) groups excluding carboxylic acids is 2. The van der Waals surface area contributed by atoms with E-state index in [1.165, 1.54) is 23.1 Å². The molecule has 6 nitrogen and oxygen atoms in total. The largest absolute Gasteiger partial charge is 0.335 e. The summed E-state index contributed by atoms with van der Waals surface area (Å²) in [6, 6.07) is -0.200. The molecule has 134 valence electrons. The molecule has 2 rings (SSSR count). The lowest BCUT2D eigenvalue weighted by Crippen LogP contribution is -2.45. The lowest BCUT2D eigenvalue weighted by Gasteiger charge is -2.14. The molecular formula is C15H24N4O2S3. The van der Waals surface area contributed by atoms with Crippen LogP contribution in [0.4, 0.5) is 4.79 Å². The van der Waals surface area contributed by atoms with E-state index in [9.17, 15) is 9.59 Å². The Morgan fingerprint density at radius 2 is 1.88 bits per heavy atom. The fraction of sp³-hybridized carbons (Fsp3) is 0.733. The van der Waals surface area contributed by atoms with Gasteiger partial charge < -0.3 is 5.32 Å². The molecule has 0 spiro atoms. The van der Waals surface area contributed by atoms with Gasteiger partial charge in [-0.1, -0.05) is 61.5 Å². The van der Waals surface area contributed by atoms with Crippen molar-refractivity contribution in [1.29, 1.82) is 0 Å². The lowest BCUT2D eigenvalue weighted by atomic mass is 10.2. The third kappa shape index (κ3) is 6.60. The first-order valence-electron chi connectivity index (χ1n) is 8.18. The monoisotopic (exact) mass is 388 g/mol. The Hall–Kier alpha value is -0.800. The molecular weight excluding hydrogens is 364 g/mol. The minimum Gasteiger partial charge on any atom is -0.335 e. The summed E-state index contributed by atoms with van der Waals surface area (Å²) in [5.74, 6) is 1.29. The van der Waals surface area contributed by atoms with E-state index >= 15 is 0 Å². The number of hydrogen-bond acceptors (Lipinski definition) is 7. The highest BCUT2D eigenvalue weighted by atomic mass is 32.2. The highest BCUT2D eigenvalue weighted by Gasteiger charge is 2.22. The van der Waals surface area contributed by atoms with Gasteiger partial charge in [0.2, 0.25) is 5.91 Å². The molecule has 0 aromatic carbocycles. The highest BCUT2D eigenvalue weighted by Crippen LogP contribution is 2.31. The van der Waals surface area contributed by atoms with Crippen LogP contribution in [0.25, 0.3) is 0 Å². The standard InChI is InChI=1S/C15H24N4O2S3/c1-9(2)8-22-14-18-19-15(24-14)23-10(3)12(20)17-13(21)16-11-6-4-5-7-11/h9-11H,4-8H2,1-3H3,(H2,16,17,20,21)/t10-/m1/s1. The molecule has 0 radical (unpaired) electrons. The molecule has 0 unspecified atom stereocenters. The van der Waals surface area contributed by atoms with Gasteiger partial charge in [0, 0.05) is 11.8 Å². The summed E-state index contributed by atoms with van der Waals surface area (Å²) in [4.78, 5) is 24.0. The van der Waals surface area contributed by atoms with E-state index in [1.54, 1.807) is 18.7 Å². The Morgan fingerprint density at radius 1 is 1.21 bits per heavy atom. The third-order valence-electron chi connectivity index (χ3n) is 3.50. The molecule has 3 amide bonds. The zero-order chi connectivity index (χ0) is 17.5. The van der Waals surface area contributed by atoms with Gasteiger partial charge in [-0.25, -0.2) is 4.79 Å². The van der Waals surface area contributed by atoms with Crippen LogP contribution in [-0.2, 0) is 4.79 Å². The predicted molar refractivity (Wildman–Crippen MR) is 99.7 cm³/mol. The maximum absolute atomic E-state index is 12.1. The van der Waals surface area contributed by atoms with E-state index in [-0.39, 0.29) is 11.9 Å². The average Bonchev–Trinajstić information content (AvgIpc) is 3.16. The zero-order valence-corrected chi connectivity index (χ0v) is 16.7. The number of nitrogens with zero attached hydrogens (tertiary/aromatic N) is 2. The Kier molecular flexibility index (Phi) is 7.83. The van der Waals surface area contributed by atoms with Crippen LogP contribution in [0.5, 0.6) is 0 Å². The van der Waals surface area contributed by atoms with E-state index < -0.39 is 11.3 Å². The lowest BCUT2D eigenvalue weighted by molar-refractivity contribution is -0.119. The summed E-state index contributed by atoms with van der Waals surface area (Å²) >= 11 is 4.50. The molecule has 9 heteroatoms. The summed E-state index contributed by atoms with van der Waals surface area (Å²) in [5, 5.41) is 13.1. The second-order valence-corrected chi connectivity index (χ2v) is 10.1. The molecule has 2 N–H and O–H groups in total. The van der Waals surface area contributed by atoms with Crippen LogP contribution in [0.15, 0.2) is 8.68 Å². The fourth-order valence-electron chi connectivity index (χ4n) is 2.25. The molecule has 1 atom stereocenters. The predicted octanol–water partition coefficient (Wildman–Crippen LogP) is 3.54. The second-order valence-electron chi connectivity index (χ2n) is 6.24. The van der Waals surface area contributed by atoms with Crippen LogP contribution in [-0.4, -0.2) is 39.2 Å². The van der Waals surface area contributed by atoms with E-state index in [0.717, 1.165) is 40.1 Å². The van der Waals surface area contributed by atoms with Crippen LogP contribution in [0.1, 0.15) is 46.5 Å². The third-order valence-corrected chi connectivity index (χ3v) is 7.17. The van der Waals surface area contributed by atoms with Gasteiger partial charge >= 0.3 is 6.03 Å². The fourth-order valence-corrected chi connectivity index (χ4v) is 5.39. The molecule has 0 bridgehead atoms. The first kappa shape index (κ1) is 19.5. The van der Waals surface area contributed by atoms with Gasteiger partial charge in [0.05, 0.1) is 5.25 Å². The summed E-state index contributed by atoms with van der Waals surface area (Å²) < 4.78 is 1.66. The molecule has 1 aliphatic rings. The molecule has 24 heavy (non-hydrogen) atoms. The molecule has 1 aromatic rings. The Bertz CT molecular complexity index is 559. The number of carbonyl (C=O) groups is 2. The van der Waals surface area contributed by atoms with Gasteiger partial charge in [-0.2, -0.15) is 0 Å². The van der Waals surface area contributed by atoms with Crippen molar-refractivity contribution in [3.05, 3.63) is 0 Å². The van der Waals surface area contributed by atoms with Crippen molar-refractivity contribution in [2.45, 2.75) is 66.4 Å². The number of hydrogen-bond donors (Lipinski definition) is 2. The number of nitrogens with one attached hydrogen (secondary N) is 2. The molecule has 1 aliphatic carbocycles. The van der Waals surface area contributed by atoms with Gasteiger partial charge in [-0.3, -0.25) is 10.1 Å². The Labute approximate surface area is 155 Å². The Balaban J connectivity index is 1.75. The average molecular weight is 389 g/mol. The SMILES string of the molecule is CC(C)CSc1nnc(S[C@H](C)C(=O)NC(=O)NC2CCCC2)s1. The molecule has 1 aromatic heterocycles. The number of urea groups is 1. The van der Waals surface area contributed by atoms with Crippen molar-refractivity contribution < 1.29 is 9.59 Å². The minimum absolute atomic E-state index is 0.199. The Morgan fingerprint density at radius 3 is 2.54 bits per heavy atom. The first-order valence-corrected chi connectivity index (χ1v) is 10.9. The quantitative estimate of drug-likeness (QED) is 0.695. The highest BCUT2D eigenvalue weighted by molar-refractivity contribution is 8.03. The van der Waals surface area contributed by atoms with E-state index in [4.69, 9.17) is 0 Å². The number of amides is 3. The van der Waals surface area contributed by atoms with Crippen molar-refractivity contribution in [2.24, 2.45) is 5.92 Å². The number of thioether (sulfide) groups is 2. The second kappa shape index (κ2) is 9.62. The number of imide groups is 1. The van der Waals surface area contributed by atoms with Gasteiger partial charge in [0.25, 0.3) is 0 Å². The van der Waals surface area contributed by atoms with Crippen molar-refractivity contribution >= 4 is 46.8 Å². The van der Waals surface area contributed by atoms with Gasteiger partial charge in [0.1, 0.15) is 0 Å². The van der Waals surface area contributed by atoms with Crippen LogP contribution >= 0.6 is 34.9 Å². The summed E-state index contributed by atoms with van der Waals surface area (Å²) in [6.07, 6.45) is 4.26. The normalized spacial score (nSPS) is 16.3. The number of rotatable bonds is 7. The van der Waals surface area contributed by atoms with E-state index in [2.05, 4.69) is 34.7 Å².